The van der Waals surface area contributed by atoms with E-state index in [4.69, 9.17) is 21.1 Å². The first-order valence-corrected chi connectivity index (χ1v) is 10.1. The summed E-state index contributed by atoms with van der Waals surface area (Å²) in [7, 11) is 3.10. The number of hydrogen-bond donors (Lipinski definition) is 1. The summed E-state index contributed by atoms with van der Waals surface area (Å²) in [5, 5.41) is 3.25. The fourth-order valence-corrected chi connectivity index (χ4v) is 3.12. The van der Waals surface area contributed by atoms with Crippen molar-refractivity contribution in [1.29, 1.82) is 0 Å². The number of anilines is 1. The van der Waals surface area contributed by atoms with Crippen LogP contribution in [0.3, 0.4) is 0 Å². The lowest BCUT2D eigenvalue weighted by Crippen LogP contribution is -2.34. The molecule has 0 atom stereocenters. The molecular formula is C23H27ClN2O4. The molecule has 2 rings (SSSR count). The normalized spacial score (nSPS) is 10.7. The van der Waals surface area contributed by atoms with Gasteiger partial charge in [-0.05, 0) is 48.7 Å². The van der Waals surface area contributed by atoms with E-state index in [0.29, 0.717) is 28.7 Å². The Morgan fingerprint density at radius 1 is 1.20 bits per heavy atom. The number of benzene rings is 2. The summed E-state index contributed by atoms with van der Waals surface area (Å²) in [5.74, 6) is 0.383. The van der Waals surface area contributed by atoms with Gasteiger partial charge in [0.05, 0.1) is 25.3 Å². The van der Waals surface area contributed by atoms with Crippen LogP contribution in [-0.4, -0.2) is 44.0 Å². The fourth-order valence-electron chi connectivity index (χ4n) is 2.85. The van der Waals surface area contributed by atoms with Crippen LogP contribution in [-0.2, 0) is 16.0 Å². The summed E-state index contributed by atoms with van der Waals surface area (Å²) < 4.78 is 10.8. The Morgan fingerprint density at radius 3 is 2.60 bits per heavy atom. The number of likely N-dealkylation sites (N-methyl/N-ethyl adjacent to an activating group) is 1. The lowest BCUT2D eigenvalue weighted by atomic mass is 10.1. The van der Waals surface area contributed by atoms with E-state index in [1.54, 1.807) is 25.3 Å². The fraction of sp³-hybridized carbons (Fsp3) is 0.304. The van der Waals surface area contributed by atoms with E-state index in [2.05, 4.69) is 5.32 Å². The molecule has 0 bridgehead atoms. The average molecular weight is 431 g/mol. The standard InChI is InChI=1S/C23H27ClN2O4/c1-5-17-9-7-8-10-19(17)25-21(27)15-26(3)22(28)12-11-16-13-18(24)23(30-6-2)20(14-16)29-4/h7-14H,5-6,15H2,1-4H3,(H,25,27)/b12-11+. The van der Waals surface area contributed by atoms with E-state index in [9.17, 15) is 9.59 Å². The van der Waals surface area contributed by atoms with E-state index >= 15 is 0 Å². The molecule has 0 radical (unpaired) electrons. The minimum absolute atomic E-state index is 0.0609. The van der Waals surface area contributed by atoms with Gasteiger partial charge in [0, 0.05) is 18.8 Å². The molecule has 0 heterocycles. The second-order valence-corrected chi connectivity index (χ2v) is 6.96. The van der Waals surface area contributed by atoms with Crippen molar-refractivity contribution < 1.29 is 19.1 Å². The Labute approximate surface area is 182 Å². The smallest absolute Gasteiger partial charge is 0.246 e. The number of nitrogens with one attached hydrogen (secondary N) is 1. The van der Waals surface area contributed by atoms with Gasteiger partial charge in [-0.15, -0.1) is 0 Å². The SMILES string of the molecule is CCOc1c(Cl)cc(/C=C/C(=O)N(C)CC(=O)Nc2ccccc2CC)cc1OC. The highest BCUT2D eigenvalue weighted by Crippen LogP contribution is 2.36. The molecule has 2 aromatic rings. The van der Waals surface area contributed by atoms with Crippen LogP contribution < -0.4 is 14.8 Å². The number of hydrogen-bond acceptors (Lipinski definition) is 4. The third-order valence-electron chi connectivity index (χ3n) is 4.39. The predicted octanol–water partition coefficient (Wildman–Crippen LogP) is 4.42. The molecule has 0 saturated carbocycles. The Morgan fingerprint density at radius 2 is 1.93 bits per heavy atom. The lowest BCUT2D eigenvalue weighted by Gasteiger charge is -2.16. The molecule has 0 fully saturated rings. The van der Waals surface area contributed by atoms with Crippen molar-refractivity contribution in [3.8, 4) is 11.5 Å². The van der Waals surface area contributed by atoms with Crippen LogP contribution in [0.5, 0.6) is 11.5 Å². The van der Waals surface area contributed by atoms with Gasteiger partial charge < -0.3 is 19.7 Å². The minimum Gasteiger partial charge on any atom is -0.493 e. The number of carbonyl (C=O) groups is 2. The molecule has 2 aromatic carbocycles. The van der Waals surface area contributed by atoms with Crippen LogP contribution in [0.4, 0.5) is 5.69 Å². The van der Waals surface area contributed by atoms with Crippen molar-refractivity contribution in [2.75, 3.05) is 32.6 Å². The second kappa shape index (κ2) is 11.3. The zero-order valence-electron chi connectivity index (χ0n) is 17.7. The van der Waals surface area contributed by atoms with Crippen molar-refractivity contribution in [3.63, 3.8) is 0 Å². The molecule has 30 heavy (non-hydrogen) atoms. The number of para-hydroxylation sites is 1. The highest BCUT2D eigenvalue weighted by molar-refractivity contribution is 6.32. The van der Waals surface area contributed by atoms with Gasteiger partial charge in [0.1, 0.15) is 0 Å². The summed E-state index contributed by atoms with van der Waals surface area (Å²) in [6, 6.07) is 11.0. The average Bonchev–Trinajstić information content (AvgIpc) is 2.73. The van der Waals surface area contributed by atoms with Gasteiger partial charge in [-0.1, -0.05) is 36.7 Å². The van der Waals surface area contributed by atoms with E-state index in [1.165, 1.54) is 18.1 Å². The zero-order chi connectivity index (χ0) is 22.1. The maximum atomic E-state index is 12.4. The van der Waals surface area contributed by atoms with E-state index < -0.39 is 0 Å². The van der Waals surface area contributed by atoms with Crippen molar-refractivity contribution in [3.05, 3.63) is 58.6 Å². The molecule has 2 amide bonds. The van der Waals surface area contributed by atoms with Crippen LogP contribution >= 0.6 is 11.6 Å². The Bertz CT molecular complexity index is 927. The molecule has 0 spiro atoms. The summed E-state index contributed by atoms with van der Waals surface area (Å²) in [5.41, 5.74) is 2.49. The van der Waals surface area contributed by atoms with Gasteiger partial charge in [-0.25, -0.2) is 0 Å². The number of amides is 2. The molecule has 6 nitrogen and oxygen atoms in total. The number of rotatable bonds is 9. The molecule has 0 aliphatic rings. The summed E-state index contributed by atoms with van der Waals surface area (Å²) in [6.45, 7) is 4.27. The maximum absolute atomic E-state index is 12.4. The first-order chi connectivity index (χ1) is 14.4. The third kappa shape index (κ3) is 6.26. The molecule has 160 valence electrons. The molecule has 7 heteroatoms. The third-order valence-corrected chi connectivity index (χ3v) is 4.67. The van der Waals surface area contributed by atoms with Crippen LogP contribution in [0.25, 0.3) is 6.08 Å². The number of ether oxygens (including phenoxy) is 2. The Balaban J connectivity index is 2.02. The highest BCUT2D eigenvalue weighted by atomic mass is 35.5. The number of halogens is 1. The molecule has 0 aliphatic heterocycles. The number of nitrogens with zero attached hydrogens (tertiary/aromatic N) is 1. The van der Waals surface area contributed by atoms with Crippen molar-refractivity contribution in [1.82, 2.24) is 4.90 Å². The monoisotopic (exact) mass is 430 g/mol. The van der Waals surface area contributed by atoms with Crippen LogP contribution in [0.1, 0.15) is 25.0 Å². The van der Waals surface area contributed by atoms with Crippen molar-refractivity contribution >= 4 is 35.2 Å². The van der Waals surface area contributed by atoms with E-state index in [-0.39, 0.29) is 18.4 Å². The number of carbonyl (C=O) groups excluding carboxylic acids is 2. The molecule has 0 aliphatic carbocycles. The predicted molar refractivity (Wildman–Crippen MR) is 120 cm³/mol. The topological polar surface area (TPSA) is 67.9 Å². The Hall–Kier alpha value is -2.99. The van der Waals surface area contributed by atoms with E-state index in [0.717, 1.165) is 17.7 Å². The van der Waals surface area contributed by atoms with Gasteiger partial charge >= 0.3 is 0 Å². The van der Waals surface area contributed by atoms with E-state index in [1.807, 2.05) is 38.1 Å². The van der Waals surface area contributed by atoms with Crippen LogP contribution in [0.2, 0.25) is 5.02 Å². The van der Waals surface area contributed by atoms with Crippen molar-refractivity contribution in [2.24, 2.45) is 0 Å². The van der Waals surface area contributed by atoms with Crippen molar-refractivity contribution in [2.45, 2.75) is 20.3 Å². The maximum Gasteiger partial charge on any atom is 0.246 e. The lowest BCUT2D eigenvalue weighted by molar-refractivity contribution is -0.129. The first kappa shape index (κ1) is 23.3. The summed E-state index contributed by atoms with van der Waals surface area (Å²) in [4.78, 5) is 26.1. The molecule has 1 N–H and O–H groups in total. The number of methoxy groups -OCH3 is 1. The minimum atomic E-state index is -0.307. The largest absolute Gasteiger partial charge is 0.493 e. The first-order valence-electron chi connectivity index (χ1n) is 9.70. The number of aryl methyl sites for hydroxylation is 1. The molecule has 0 aromatic heterocycles. The molecule has 0 unspecified atom stereocenters. The molecule has 0 saturated heterocycles. The summed E-state index contributed by atoms with van der Waals surface area (Å²) in [6.07, 6.45) is 3.81. The summed E-state index contributed by atoms with van der Waals surface area (Å²) >= 11 is 6.25. The van der Waals surface area contributed by atoms with Gasteiger partial charge in [0.25, 0.3) is 0 Å². The van der Waals surface area contributed by atoms with Gasteiger partial charge in [-0.3, -0.25) is 9.59 Å². The highest BCUT2D eigenvalue weighted by Gasteiger charge is 2.13. The zero-order valence-corrected chi connectivity index (χ0v) is 18.5. The Kier molecular flexibility index (Phi) is 8.74. The molecular weight excluding hydrogens is 404 g/mol. The quantitative estimate of drug-likeness (QED) is 0.598. The van der Waals surface area contributed by atoms with Gasteiger partial charge in [0.15, 0.2) is 11.5 Å². The van der Waals surface area contributed by atoms with Gasteiger partial charge in [-0.2, -0.15) is 0 Å². The van der Waals surface area contributed by atoms with Crippen LogP contribution in [0, 0.1) is 0 Å². The van der Waals surface area contributed by atoms with Crippen LogP contribution in [0.15, 0.2) is 42.5 Å². The van der Waals surface area contributed by atoms with Gasteiger partial charge in [0.2, 0.25) is 11.8 Å². The second-order valence-electron chi connectivity index (χ2n) is 6.55.